The van der Waals surface area contributed by atoms with Gasteiger partial charge in [0.15, 0.2) is 5.78 Å². The van der Waals surface area contributed by atoms with E-state index < -0.39 is 12.0 Å². The zero-order chi connectivity index (χ0) is 20.8. The first-order valence-corrected chi connectivity index (χ1v) is 10.1. The quantitative estimate of drug-likeness (QED) is 0.477. The highest BCUT2D eigenvalue weighted by Crippen LogP contribution is 2.42. The molecule has 1 heterocycles. The van der Waals surface area contributed by atoms with Gasteiger partial charge in [0.05, 0.1) is 17.4 Å². The second-order valence-electron chi connectivity index (χ2n) is 7.73. The van der Waals surface area contributed by atoms with E-state index in [1.807, 2.05) is 6.92 Å². The molecule has 0 radical (unpaired) electrons. The molecule has 154 valence electrons. The van der Waals surface area contributed by atoms with Crippen molar-refractivity contribution in [1.82, 2.24) is 0 Å². The SMILES string of the molecule is CCCCCC(C)Oc1cc(O)c2c(c1)N(C=O)C(C)C(CCC(C)=O)C2=O. The number of ether oxygens (including phenoxy) is 1. The molecule has 1 aromatic carbocycles. The summed E-state index contributed by atoms with van der Waals surface area (Å²) >= 11 is 0. The standard InChI is InChI=1S/C22H31NO5/c1-5-6-7-8-15(3)28-17-11-19-21(20(26)12-17)22(27)18(10-9-14(2)25)16(4)23(19)13-24/h11-13,15-16,18,26H,5-10H2,1-4H3. The van der Waals surface area contributed by atoms with E-state index >= 15 is 0 Å². The summed E-state index contributed by atoms with van der Waals surface area (Å²) < 4.78 is 5.92. The number of amides is 1. The van der Waals surface area contributed by atoms with Gasteiger partial charge in [0.25, 0.3) is 0 Å². The lowest BCUT2D eigenvalue weighted by Gasteiger charge is -2.37. The fraction of sp³-hybridized carbons (Fsp3) is 0.591. The Bertz CT molecular complexity index is 730. The number of anilines is 1. The number of phenolic OH excluding ortho intramolecular Hbond substituents is 1. The monoisotopic (exact) mass is 389 g/mol. The summed E-state index contributed by atoms with van der Waals surface area (Å²) in [5.41, 5.74) is 0.493. The van der Waals surface area contributed by atoms with Gasteiger partial charge in [-0.05, 0) is 40.0 Å². The van der Waals surface area contributed by atoms with Crippen molar-refractivity contribution in [3.05, 3.63) is 17.7 Å². The molecule has 0 saturated heterocycles. The number of rotatable bonds is 10. The Morgan fingerprint density at radius 2 is 2.07 bits per heavy atom. The molecule has 3 atom stereocenters. The molecule has 1 aromatic rings. The van der Waals surface area contributed by atoms with E-state index in [0.29, 0.717) is 24.3 Å². The topological polar surface area (TPSA) is 83.9 Å². The lowest BCUT2D eigenvalue weighted by Crippen LogP contribution is -2.46. The number of aromatic hydroxyl groups is 1. The van der Waals surface area contributed by atoms with Gasteiger partial charge in [-0.3, -0.25) is 9.59 Å². The number of ketones is 2. The van der Waals surface area contributed by atoms with Crippen LogP contribution in [0.4, 0.5) is 5.69 Å². The number of benzene rings is 1. The highest BCUT2D eigenvalue weighted by Gasteiger charge is 2.39. The average molecular weight is 389 g/mol. The van der Waals surface area contributed by atoms with Crippen LogP contribution in [0, 0.1) is 5.92 Å². The van der Waals surface area contributed by atoms with Gasteiger partial charge in [0.1, 0.15) is 17.3 Å². The van der Waals surface area contributed by atoms with Gasteiger partial charge in [-0.25, -0.2) is 0 Å². The van der Waals surface area contributed by atoms with Crippen LogP contribution in [-0.4, -0.2) is 35.2 Å². The Hall–Kier alpha value is -2.37. The second-order valence-corrected chi connectivity index (χ2v) is 7.73. The number of unbranched alkanes of at least 4 members (excludes halogenated alkanes) is 2. The largest absolute Gasteiger partial charge is 0.507 e. The van der Waals surface area contributed by atoms with Crippen molar-refractivity contribution in [3.8, 4) is 11.5 Å². The van der Waals surface area contributed by atoms with E-state index in [2.05, 4.69) is 6.92 Å². The fourth-order valence-electron chi connectivity index (χ4n) is 3.79. The van der Waals surface area contributed by atoms with Gasteiger partial charge in [0.2, 0.25) is 6.41 Å². The highest BCUT2D eigenvalue weighted by molar-refractivity contribution is 6.10. The van der Waals surface area contributed by atoms with E-state index in [-0.39, 0.29) is 35.4 Å². The molecule has 1 aliphatic rings. The van der Waals surface area contributed by atoms with Crippen molar-refractivity contribution >= 4 is 23.7 Å². The number of hydrogen-bond acceptors (Lipinski definition) is 5. The first-order chi connectivity index (χ1) is 13.3. The van der Waals surface area contributed by atoms with Crippen LogP contribution in [0.5, 0.6) is 11.5 Å². The average Bonchev–Trinajstić information content (AvgIpc) is 2.61. The van der Waals surface area contributed by atoms with Crippen LogP contribution in [0.1, 0.15) is 76.6 Å². The first kappa shape index (κ1) is 21.9. The van der Waals surface area contributed by atoms with Gasteiger partial charge in [-0.2, -0.15) is 0 Å². The third-order valence-corrected chi connectivity index (χ3v) is 5.43. The molecule has 6 heteroatoms. The summed E-state index contributed by atoms with van der Waals surface area (Å²) in [5.74, 6) is -0.512. The molecule has 1 amide bonds. The highest BCUT2D eigenvalue weighted by atomic mass is 16.5. The van der Waals surface area contributed by atoms with Gasteiger partial charge in [-0.1, -0.05) is 19.8 Å². The van der Waals surface area contributed by atoms with Crippen molar-refractivity contribution in [1.29, 1.82) is 0 Å². The van der Waals surface area contributed by atoms with Gasteiger partial charge in [-0.15, -0.1) is 0 Å². The van der Waals surface area contributed by atoms with Crippen LogP contribution in [0.15, 0.2) is 12.1 Å². The van der Waals surface area contributed by atoms with Gasteiger partial charge in [0, 0.05) is 30.5 Å². The second kappa shape index (κ2) is 9.71. The van der Waals surface area contributed by atoms with Crippen molar-refractivity contribution in [2.45, 2.75) is 78.4 Å². The Morgan fingerprint density at radius 1 is 1.36 bits per heavy atom. The minimum Gasteiger partial charge on any atom is -0.507 e. The molecule has 6 nitrogen and oxygen atoms in total. The molecule has 1 aliphatic heterocycles. The molecule has 0 aliphatic carbocycles. The van der Waals surface area contributed by atoms with Crippen molar-refractivity contribution in [3.63, 3.8) is 0 Å². The summed E-state index contributed by atoms with van der Waals surface area (Å²) in [4.78, 5) is 37.5. The van der Waals surface area contributed by atoms with Crippen LogP contribution in [0.25, 0.3) is 0 Å². The van der Waals surface area contributed by atoms with E-state index in [4.69, 9.17) is 4.74 Å². The number of carbonyl (C=O) groups is 3. The Labute approximate surface area is 166 Å². The Morgan fingerprint density at radius 3 is 2.68 bits per heavy atom. The number of carbonyl (C=O) groups excluding carboxylic acids is 3. The molecule has 0 aromatic heterocycles. The third-order valence-electron chi connectivity index (χ3n) is 5.43. The molecular formula is C22H31NO5. The summed E-state index contributed by atoms with van der Waals surface area (Å²) in [6.45, 7) is 7.38. The lowest BCUT2D eigenvalue weighted by atomic mass is 9.81. The maximum absolute atomic E-state index is 13.0. The number of nitrogens with zero attached hydrogens (tertiary/aromatic N) is 1. The Balaban J connectivity index is 2.30. The first-order valence-electron chi connectivity index (χ1n) is 10.1. The molecule has 0 spiro atoms. The lowest BCUT2D eigenvalue weighted by molar-refractivity contribution is -0.117. The predicted molar refractivity (Wildman–Crippen MR) is 108 cm³/mol. The Kier molecular flexibility index (Phi) is 7.61. The number of hydrogen-bond donors (Lipinski definition) is 1. The molecule has 0 saturated carbocycles. The van der Waals surface area contributed by atoms with Crippen molar-refractivity contribution < 1.29 is 24.2 Å². The number of fused-ring (bicyclic) bond motifs is 1. The fourth-order valence-corrected chi connectivity index (χ4v) is 3.79. The zero-order valence-electron chi connectivity index (χ0n) is 17.2. The maximum Gasteiger partial charge on any atom is 0.214 e. The normalized spacial score (nSPS) is 19.9. The van der Waals surface area contributed by atoms with E-state index in [1.54, 1.807) is 13.0 Å². The van der Waals surface area contributed by atoms with Gasteiger partial charge >= 0.3 is 0 Å². The molecule has 2 rings (SSSR count). The minimum atomic E-state index is -0.521. The minimum absolute atomic E-state index is 0.00604. The van der Waals surface area contributed by atoms with E-state index in [1.165, 1.54) is 17.9 Å². The van der Waals surface area contributed by atoms with E-state index in [9.17, 15) is 19.5 Å². The predicted octanol–water partition coefficient (Wildman–Crippen LogP) is 4.27. The summed E-state index contributed by atoms with van der Waals surface area (Å²) in [6.07, 6.45) is 5.47. The molecule has 3 unspecified atom stereocenters. The number of Topliss-reactive ketones (excluding diaryl/α,β-unsaturated/α-hetero) is 2. The molecule has 1 N–H and O–H groups in total. The van der Waals surface area contributed by atoms with Crippen LogP contribution in [0.2, 0.25) is 0 Å². The van der Waals surface area contributed by atoms with E-state index in [0.717, 1.165) is 25.7 Å². The number of phenols is 1. The van der Waals surface area contributed by atoms with Crippen LogP contribution in [-0.2, 0) is 9.59 Å². The van der Waals surface area contributed by atoms with Crippen LogP contribution >= 0.6 is 0 Å². The van der Waals surface area contributed by atoms with Crippen molar-refractivity contribution in [2.75, 3.05) is 4.90 Å². The molecular weight excluding hydrogens is 358 g/mol. The zero-order valence-corrected chi connectivity index (χ0v) is 17.2. The van der Waals surface area contributed by atoms with Crippen LogP contribution < -0.4 is 9.64 Å². The van der Waals surface area contributed by atoms with Gasteiger partial charge < -0.3 is 19.5 Å². The molecule has 0 fully saturated rings. The van der Waals surface area contributed by atoms with Crippen molar-refractivity contribution in [2.24, 2.45) is 5.92 Å². The third kappa shape index (κ3) is 4.91. The summed E-state index contributed by atoms with van der Waals surface area (Å²) in [6, 6.07) is 2.69. The summed E-state index contributed by atoms with van der Waals surface area (Å²) in [7, 11) is 0. The maximum atomic E-state index is 13.0. The smallest absolute Gasteiger partial charge is 0.214 e. The van der Waals surface area contributed by atoms with Crippen LogP contribution in [0.3, 0.4) is 0 Å². The molecule has 0 bridgehead atoms. The molecule has 28 heavy (non-hydrogen) atoms. The summed E-state index contributed by atoms with van der Waals surface area (Å²) in [5, 5.41) is 10.5.